The molecule has 2 rings (SSSR count). The van der Waals surface area contributed by atoms with Crippen LogP contribution in [0.4, 0.5) is 10.1 Å². The summed E-state index contributed by atoms with van der Waals surface area (Å²) in [5, 5.41) is 2.24. The van der Waals surface area contributed by atoms with Gasteiger partial charge in [-0.3, -0.25) is 4.79 Å². The van der Waals surface area contributed by atoms with E-state index in [9.17, 15) is 17.6 Å². The van der Waals surface area contributed by atoms with Crippen LogP contribution in [0.1, 0.15) is 24.2 Å². The molecule has 2 aromatic carbocycles. The molecule has 2 aromatic rings. The number of hydrogen-bond acceptors (Lipinski definition) is 3. The Morgan fingerprint density at radius 1 is 1.12 bits per heavy atom. The maximum atomic E-state index is 13.9. The molecular weight excluding hydrogens is 402 g/mol. The Bertz CT molecular complexity index is 932. The van der Waals surface area contributed by atoms with Crippen molar-refractivity contribution in [1.29, 1.82) is 0 Å². The molecule has 5 nitrogen and oxygen atoms in total. The molecule has 0 bridgehead atoms. The minimum Gasteiger partial charge on any atom is -0.319 e. The van der Waals surface area contributed by atoms with Gasteiger partial charge in [-0.15, -0.1) is 0 Å². The molecule has 0 unspecified atom stereocenters. The summed E-state index contributed by atoms with van der Waals surface area (Å²) in [5.41, 5.74) is -0.0786. The summed E-state index contributed by atoms with van der Waals surface area (Å²) < 4.78 is 40.5. The zero-order valence-electron chi connectivity index (χ0n) is 14.1. The highest BCUT2D eigenvalue weighted by Crippen LogP contribution is 2.27. The summed E-state index contributed by atoms with van der Waals surface area (Å²) >= 11 is 11.7. The molecule has 26 heavy (non-hydrogen) atoms. The van der Waals surface area contributed by atoms with Gasteiger partial charge in [-0.2, -0.15) is 4.31 Å². The predicted octanol–water partition coefficient (Wildman–Crippen LogP) is 4.42. The third-order valence-electron chi connectivity index (χ3n) is 3.72. The molecule has 9 heteroatoms. The first-order chi connectivity index (χ1) is 12.2. The lowest BCUT2D eigenvalue weighted by Crippen LogP contribution is -2.31. The highest BCUT2D eigenvalue weighted by Gasteiger charge is 2.25. The molecule has 140 valence electrons. The van der Waals surface area contributed by atoms with E-state index >= 15 is 0 Å². The Labute approximate surface area is 161 Å². The van der Waals surface area contributed by atoms with Gasteiger partial charge in [0.25, 0.3) is 5.91 Å². The SMILES string of the molecule is CCN(CC)S(=O)(=O)c1cc(C(=O)Nc2cccc(Cl)c2F)ccc1Cl. The number of sulfonamides is 1. The number of amides is 1. The summed E-state index contributed by atoms with van der Waals surface area (Å²) in [7, 11) is -3.85. The van der Waals surface area contributed by atoms with Crippen molar-refractivity contribution in [3.05, 3.63) is 57.8 Å². The maximum absolute atomic E-state index is 13.9. The molecule has 0 heterocycles. The zero-order valence-corrected chi connectivity index (χ0v) is 16.4. The number of carbonyl (C=O) groups is 1. The quantitative estimate of drug-likeness (QED) is 0.754. The van der Waals surface area contributed by atoms with Crippen LogP contribution < -0.4 is 5.32 Å². The Morgan fingerprint density at radius 3 is 2.38 bits per heavy atom. The van der Waals surface area contributed by atoms with E-state index in [1.807, 2.05) is 0 Å². The monoisotopic (exact) mass is 418 g/mol. The Balaban J connectivity index is 2.40. The van der Waals surface area contributed by atoms with Gasteiger partial charge < -0.3 is 5.32 Å². The largest absolute Gasteiger partial charge is 0.319 e. The number of rotatable bonds is 6. The third-order valence-corrected chi connectivity index (χ3v) is 6.54. The van der Waals surface area contributed by atoms with Gasteiger partial charge in [0, 0.05) is 18.7 Å². The molecule has 1 N–H and O–H groups in total. The third kappa shape index (κ3) is 4.17. The number of nitrogens with zero attached hydrogens (tertiary/aromatic N) is 1. The predicted molar refractivity (Wildman–Crippen MR) is 101 cm³/mol. The molecule has 0 radical (unpaired) electrons. The van der Waals surface area contributed by atoms with Gasteiger partial charge in [0.05, 0.1) is 15.7 Å². The molecule has 0 aliphatic heterocycles. The van der Waals surface area contributed by atoms with Gasteiger partial charge in [0.15, 0.2) is 5.82 Å². The Morgan fingerprint density at radius 2 is 1.77 bits per heavy atom. The number of halogens is 3. The fourth-order valence-electron chi connectivity index (χ4n) is 2.34. The lowest BCUT2D eigenvalue weighted by molar-refractivity contribution is 0.102. The van der Waals surface area contributed by atoms with E-state index in [0.29, 0.717) is 0 Å². The first-order valence-electron chi connectivity index (χ1n) is 7.77. The Hall–Kier alpha value is -1.67. The molecule has 0 saturated carbocycles. The highest BCUT2D eigenvalue weighted by molar-refractivity contribution is 7.89. The first-order valence-corrected chi connectivity index (χ1v) is 9.97. The minimum atomic E-state index is -3.85. The number of nitrogens with one attached hydrogen (secondary N) is 1. The van der Waals surface area contributed by atoms with Crippen molar-refractivity contribution < 1.29 is 17.6 Å². The average molecular weight is 419 g/mol. The van der Waals surface area contributed by atoms with Crippen LogP contribution in [0.25, 0.3) is 0 Å². The summed E-state index contributed by atoms with van der Waals surface area (Å²) in [4.78, 5) is 12.2. The van der Waals surface area contributed by atoms with Gasteiger partial charge >= 0.3 is 0 Å². The van der Waals surface area contributed by atoms with Gasteiger partial charge in [0.2, 0.25) is 10.0 Å². The van der Waals surface area contributed by atoms with E-state index in [1.165, 1.54) is 40.7 Å². The van der Waals surface area contributed by atoms with E-state index in [4.69, 9.17) is 23.2 Å². The van der Waals surface area contributed by atoms with E-state index in [-0.39, 0.29) is 39.3 Å². The van der Waals surface area contributed by atoms with Crippen LogP contribution in [-0.2, 0) is 10.0 Å². The van der Waals surface area contributed by atoms with Crippen LogP contribution in [0.3, 0.4) is 0 Å². The van der Waals surface area contributed by atoms with Gasteiger partial charge in [0.1, 0.15) is 4.90 Å². The number of carbonyl (C=O) groups excluding carboxylic acids is 1. The number of hydrogen-bond donors (Lipinski definition) is 1. The van der Waals surface area contributed by atoms with Crippen molar-refractivity contribution in [3.8, 4) is 0 Å². The zero-order chi connectivity index (χ0) is 19.5. The van der Waals surface area contributed by atoms with Crippen molar-refractivity contribution in [2.24, 2.45) is 0 Å². The molecule has 0 aromatic heterocycles. The van der Waals surface area contributed by atoms with Crippen LogP contribution >= 0.6 is 23.2 Å². The first kappa shape index (κ1) is 20.6. The van der Waals surface area contributed by atoms with Crippen molar-refractivity contribution in [2.75, 3.05) is 18.4 Å². The normalized spacial score (nSPS) is 11.6. The van der Waals surface area contributed by atoms with Crippen molar-refractivity contribution in [2.45, 2.75) is 18.7 Å². The van der Waals surface area contributed by atoms with Gasteiger partial charge in [-0.05, 0) is 30.3 Å². The molecule has 0 atom stereocenters. The fraction of sp³-hybridized carbons (Fsp3) is 0.235. The molecule has 0 aliphatic rings. The topological polar surface area (TPSA) is 66.5 Å². The van der Waals surface area contributed by atoms with Crippen molar-refractivity contribution in [3.63, 3.8) is 0 Å². The van der Waals surface area contributed by atoms with E-state index in [0.717, 1.165) is 0 Å². The second kappa shape index (κ2) is 8.35. The van der Waals surface area contributed by atoms with Crippen molar-refractivity contribution in [1.82, 2.24) is 4.31 Å². The van der Waals surface area contributed by atoms with Crippen LogP contribution in [0.15, 0.2) is 41.3 Å². The van der Waals surface area contributed by atoms with Crippen LogP contribution in [0, 0.1) is 5.82 Å². The fourth-order valence-corrected chi connectivity index (χ4v) is 4.47. The van der Waals surface area contributed by atoms with Crippen LogP contribution in [-0.4, -0.2) is 31.7 Å². The molecule has 1 amide bonds. The van der Waals surface area contributed by atoms with E-state index in [2.05, 4.69) is 5.32 Å². The van der Waals surface area contributed by atoms with E-state index < -0.39 is 21.7 Å². The molecule has 0 aliphatic carbocycles. The van der Waals surface area contributed by atoms with Crippen LogP contribution in [0.5, 0.6) is 0 Å². The van der Waals surface area contributed by atoms with E-state index in [1.54, 1.807) is 13.8 Å². The second-order valence-electron chi connectivity index (χ2n) is 5.29. The van der Waals surface area contributed by atoms with Gasteiger partial charge in [-0.1, -0.05) is 43.1 Å². The molecule has 0 spiro atoms. The smallest absolute Gasteiger partial charge is 0.255 e. The van der Waals surface area contributed by atoms with Gasteiger partial charge in [-0.25, -0.2) is 12.8 Å². The second-order valence-corrected chi connectivity index (χ2v) is 8.01. The summed E-state index contributed by atoms with van der Waals surface area (Å²) in [5.74, 6) is -1.45. The lowest BCUT2D eigenvalue weighted by Gasteiger charge is -2.19. The number of anilines is 1. The molecule has 0 saturated heterocycles. The average Bonchev–Trinajstić information content (AvgIpc) is 2.60. The summed E-state index contributed by atoms with van der Waals surface area (Å²) in [6.45, 7) is 3.93. The summed E-state index contributed by atoms with van der Waals surface area (Å²) in [6.07, 6.45) is 0. The number of benzene rings is 2. The lowest BCUT2D eigenvalue weighted by atomic mass is 10.2. The molecule has 0 fully saturated rings. The minimum absolute atomic E-state index is 0.00221. The molecular formula is C17H17Cl2FN2O3S. The van der Waals surface area contributed by atoms with Crippen LogP contribution in [0.2, 0.25) is 10.0 Å². The summed E-state index contributed by atoms with van der Waals surface area (Å²) in [6, 6.07) is 8.04. The van der Waals surface area contributed by atoms with Crippen molar-refractivity contribution >= 4 is 44.8 Å². The highest BCUT2D eigenvalue weighted by atomic mass is 35.5. The standard InChI is InChI=1S/C17H17Cl2FN2O3S/c1-3-22(4-2)26(24,25)15-10-11(8-9-12(15)18)17(23)21-14-7-5-6-13(19)16(14)20/h5-10H,3-4H2,1-2H3,(H,21,23). The maximum Gasteiger partial charge on any atom is 0.255 e. The Kier molecular flexibility index (Phi) is 6.63.